The van der Waals surface area contributed by atoms with Gasteiger partial charge in [-0.3, -0.25) is 0 Å². The molecule has 1 aliphatic heterocycles. The highest BCUT2D eigenvalue weighted by molar-refractivity contribution is 7.98. The average Bonchev–Trinajstić information content (AvgIpc) is 2.68. The number of benzene rings is 2. The highest BCUT2D eigenvalue weighted by Crippen LogP contribution is 2.32. The fourth-order valence-corrected chi connectivity index (χ4v) is 3.50. The molecule has 26 heavy (non-hydrogen) atoms. The molecular weight excluding hydrogens is 364 g/mol. The summed E-state index contributed by atoms with van der Waals surface area (Å²) in [5.74, 6) is -0.354. The number of thioether (sulfide) groups is 1. The molecule has 0 aromatic heterocycles. The first-order valence-corrected chi connectivity index (χ1v) is 9.95. The smallest absolute Gasteiger partial charge is 0.338 e. The summed E-state index contributed by atoms with van der Waals surface area (Å²) >= 11 is 7.08. The molecule has 0 bridgehead atoms. The van der Waals surface area contributed by atoms with Gasteiger partial charge >= 0.3 is 5.97 Å². The summed E-state index contributed by atoms with van der Waals surface area (Å²) in [6, 6.07) is 17.4. The fourth-order valence-electron chi connectivity index (χ4n) is 2.87. The first-order chi connectivity index (χ1) is 12.6. The topological polar surface area (TPSA) is 50.4 Å². The molecule has 0 radical (unpaired) electrons. The molecule has 2 aromatic rings. The van der Waals surface area contributed by atoms with Gasteiger partial charge in [0.1, 0.15) is 0 Å². The standard InChI is InChI=1S/C20H20N2O2S2/c1-3-24-19(23)16-17(13-7-5-4-6-8-13)21-20(25)22-18(16)14-9-11-15(26-2)12-10-14/h4-12,18H,3H2,1-2H3,(H2,21,22,25). The SMILES string of the molecule is CCOC(=O)C1=C(c2ccccc2)NC(=S)NC1c1ccc(SC)cc1. The van der Waals surface area contributed by atoms with E-state index in [0.717, 1.165) is 16.0 Å². The van der Waals surface area contributed by atoms with Gasteiger partial charge in [0, 0.05) is 4.90 Å². The number of carbonyl (C=O) groups is 1. The van der Waals surface area contributed by atoms with Gasteiger partial charge in [0.2, 0.25) is 0 Å². The Hall–Kier alpha value is -2.31. The summed E-state index contributed by atoms with van der Waals surface area (Å²) in [6.07, 6.45) is 2.03. The molecule has 0 saturated carbocycles. The number of hydrogen-bond acceptors (Lipinski definition) is 4. The summed E-state index contributed by atoms with van der Waals surface area (Å²) in [5.41, 5.74) is 3.07. The van der Waals surface area contributed by atoms with E-state index in [1.54, 1.807) is 18.7 Å². The van der Waals surface area contributed by atoms with Crippen LogP contribution in [0.15, 0.2) is 65.1 Å². The number of nitrogens with one attached hydrogen (secondary N) is 2. The molecule has 4 nitrogen and oxygen atoms in total. The molecule has 0 amide bonds. The first-order valence-electron chi connectivity index (χ1n) is 8.32. The van der Waals surface area contributed by atoms with Crippen molar-refractivity contribution in [3.8, 4) is 0 Å². The molecule has 2 N–H and O–H groups in total. The summed E-state index contributed by atoms with van der Waals surface area (Å²) < 4.78 is 5.34. The maximum absolute atomic E-state index is 12.8. The van der Waals surface area contributed by atoms with E-state index in [0.29, 0.717) is 23.0 Å². The molecule has 1 heterocycles. The van der Waals surface area contributed by atoms with Gasteiger partial charge in [0.15, 0.2) is 5.11 Å². The Morgan fingerprint density at radius 3 is 2.46 bits per heavy atom. The second-order valence-corrected chi connectivity index (χ2v) is 6.97. The van der Waals surface area contributed by atoms with Crippen LogP contribution in [0.3, 0.4) is 0 Å². The van der Waals surface area contributed by atoms with Crippen molar-refractivity contribution in [1.29, 1.82) is 0 Å². The normalized spacial score (nSPS) is 16.7. The lowest BCUT2D eigenvalue weighted by Gasteiger charge is -2.31. The Kier molecular flexibility index (Phi) is 5.96. The van der Waals surface area contributed by atoms with E-state index in [-0.39, 0.29) is 12.0 Å². The zero-order valence-electron chi connectivity index (χ0n) is 14.6. The van der Waals surface area contributed by atoms with Crippen molar-refractivity contribution < 1.29 is 9.53 Å². The van der Waals surface area contributed by atoms with Crippen molar-refractivity contribution >= 4 is 40.8 Å². The highest BCUT2D eigenvalue weighted by Gasteiger charge is 2.33. The van der Waals surface area contributed by atoms with Crippen molar-refractivity contribution in [3.63, 3.8) is 0 Å². The summed E-state index contributed by atoms with van der Waals surface area (Å²) in [4.78, 5) is 14.0. The average molecular weight is 385 g/mol. The second-order valence-electron chi connectivity index (χ2n) is 5.68. The highest BCUT2D eigenvalue weighted by atomic mass is 32.2. The molecular formula is C20H20N2O2S2. The van der Waals surface area contributed by atoms with Crippen LogP contribution in [0.5, 0.6) is 0 Å². The quantitative estimate of drug-likeness (QED) is 0.463. The van der Waals surface area contributed by atoms with Crippen LogP contribution in [0, 0.1) is 0 Å². The number of rotatable bonds is 5. The Balaban J connectivity index is 2.13. The number of thiocarbonyl (C=S) groups is 1. The Labute approximate surface area is 163 Å². The zero-order chi connectivity index (χ0) is 18.5. The van der Waals surface area contributed by atoms with E-state index in [1.807, 2.05) is 60.9 Å². The first kappa shape index (κ1) is 18.5. The lowest BCUT2D eigenvalue weighted by Crippen LogP contribution is -2.45. The maximum atomic E-state index is 12.8. The second kappa shape index (κ2) is 8.38. The minimum Gasteiger partial charge on any atom is -0.463 e. The molecule has 0 aliphatic carbocycles. The van der Waals surface area contributed by atoms with Crippen LogP contribution in [0.1, 0.15) is 24.1 Å². The lowest BCUT2D eigenvalue weighted by molar-refractivity contribution is -0.138. The Bertz CT molecular complexity index is 833. The van der Waals surface area contributed by atoms with Gasteiger partial charge < -0.3 is 15.4 Å². The minimum absolute atomic E-state index is 0.312. The van der Waals surface area contributed by atoms with Gasteiger partial charge in [-0.15, -0.1) is 11.8 Å². The predicted molar refractivity (Wildman–Crippen MR) is 110 cm³/mol. The number of esters is 1. The minimum atomic E-state index is -0.367. The van der Waals surface area contributed by atoms with Crippen LogP contribution < -0.4 is 10.6 Å². The van der Waals surface area contributed by atoms with Crippen LogP contribution in [0.25, 0.3) is 5.70 Å². The van der Waals surface area contributed by atoms with E-state index in [4.69, 9.17) is 17.0 Å². The molecule has 0 spiro atoms. The van der Waals surface area contributed by atoms with Gasteiger partial charge in [-0.1, -0.05) is 42.5 Å². The molecule has 3 rings (SSSR count). The summed E-state index contributed by atoms with van der Waals surface area (Å²) in [7, 11) is 0. The largest absolute Gasteiger partial charge is 0.463 e. The van der Waals surface area contributed by atoms with Crippen molar-refractivity contribution in [2.45, 2.75) is 17.9 Å². The molecule has 6 heteroatoms. The van der Waals surface area contributed by atoms with Crippen molar-refractivity contribution in [2.75, 3.05) is 12.9 Å². The van der Waals surface area contributed by atoms with Crippen LogP contribution >= 0.6 is 24.0 Å². The lowest BCUT2D eigenvalue weighted by atomic mass is 9.93. The number of carbonyl (C=O) groups excluding carboxylic acids is 1. The molecule has 134 valence electrons. The molecule has 1 aliphatic rings. The third-order valence-electron chi connectivity index (χ3n) is 4.08. The van der Waals surface area contributed by atoms with Crippen molar-refractivity contribution in [2.24, 2.45) is 0 Å². The van der Waals surface area contributed by atoms with E-state index >= 15 is 0 Å². The van der Waals surface area contributed by atoms with E-state index in [2.05, 4.69) is 10.6 Å². The van der Waals surface area contributed by atoms with Gasteiger partial charge in [-0.2, -0.15) is 0 Å². The van der Waals surface area contributed by atoms with Crippen molar-refractivity contribution in [3.05, 3.63) is 71.3 Å². The molecule has 0 fully saturated rings. The van der Waals surface area contributed by atoms with Crippen LogP contribution in [-0.2, 0) is 9.53 Å². The molecule has 2 aromatic carbocycles. The predicted octanol–water partition coefficient (Wildman–Crippen LogP) is 3.90. The summed E-state index contributed by atoms with van der Waals surface area (Å²) in [5, 5.41) is 6.84. The van der Waals surface area contributed by atoms with Gasteiger partial charge in [-0.05, 0) is 48.7 Å². The monoisotopic (exact) mass is 384 g/mol. The third kappa shape index (κ3) is 3.92. The Morgan fingerprint density at radius 2 is 1.85 bits per heavy atom. The van der Waals surface area contributed by atoms with Crippen molar-refractivity contribution in [1.82, 2.24) is 10.6 Å². The van der Waals surface area contributed by atoms with Gasteiger partial charge in [-0.25, -0.2) is 4.79 Å². The molecule has 1 unspecified atom stereocenters. The van der Waals surface area contributed by atoms with E-state index in [9.17, 15) is 4.79 Å². The van der Waals surface area contributed by atoms with Crippen LogP contribution in [0.4, 0.5) is 0 Å². The van der Waals surface area contributed by atoms with E-state index < -0.39 is 0 Å². The summed E-state index contributed by atoms with van der Waals surface area (Å²) in [6.45, 7) is 2.12. The third-order valence-corrected chi connectivity index (χ3v) is 5.04. The zero-order valence-corrected chi connectivity index (χ0v) is 16.2. The Morgan fingerprint density at radius 1 is 1.15 bits per heavy atom. The maximum Gasteiger partial charge on any atom is 0.338 e. The number of ether oxygens (including phenoxy) is 1. The molecule has 1 atom stereocenters. The number of hydrogen-bond donors (Lipinski definition) is 2. The fraction of sp³-hybridized carbons (Fsp3) is 0.200. The van der Waals surface area contributed by atoms with E-state index in [1.165, 1.54) is 0 Å². The van der Waals surface area contributed by atoms with Gasteiger partial charge in [0.25, 0.3) is 0 Å². The van der Waals surface area contributed by atoms with Crippen LogP contribution in [0.2, 0.25) is 0 Å². The van der Waals surface area contributed by atoms with Gasteiger partial charge in [0.05, 0.1) is 23.9 Å². The molecule has 0 saturated heterocycles. The van der Waals surface area contributed by atoms with Crippen LogP contribution in [-0.4, -0.2) is 23.9 Å².